The van der Waals surface area contributed by atoms with E-state index < -0.39 is 4.92 Å². The van der Waals surface area contributed by atoms with E-state index in [0.717, 1.165) is 18.7 Å². The molecular formula is C9H11N3O2. The Morgan fingerprint density at radius 2 is 2.29 bits per heavy atom. The molecule has 0 aromatic carbocycles. The molecule has 0 unspecified atom stereocenters. The lowest BCUT2D eigenvalue weighted by Gasteiger charge is -2.03. The lowest BCUT2D eigenvalue weighted by molar-refractivity contribution is -0.385. The van der Waals surface area contributed by atoms with Gasteiger partial charge in [0.25, 0.3) is 5.69 Å². The molecule has 14 heavy (non-hydrogen) atoms. The topological polar surface area (TPSA) is 68.1 Å². The van der Waals surface area contributed by atoms with Crippen molar-refractivity contribution in [3.8, 4) is 0 Å². The number of pyridine rings is 1. The molecule has 1 aromatic rings. The molecule has 1 saturated carbocycles. The highest BCUT2D eigenvalue weighted by atomic mass is 16.6. The van der Waals surface area contributed by atoms with Crippen LogP contribution < -0.4 is 5.32 Å². The van der Waals surface area contributed by atoms with Crippen molar-refractivity contribution in [3.05, 3.63) is 27.9 Å². The molecular weight excluding hydrogens is 182 g/mol. The van der Waals surface area contributed by atoms with E-state index >= 15 is 0 Å². The second-order valence-electron chi connectivity index (χ2n) is 3.48. The van der Waals surface area contributed by atoms with Crippen LogP contribution in [0.5, 0.6) is 0 Å². The van der Waals surface area contributed by atoms with Crippen molar-refractivity contribution in [3.63, 3.8) is 0 Å². The monoisotopic (exact) mass is 193 g/mol. The Kier molecular flexibility index (Phi) is 2.07. The maximum atomic E-state index is 10.5. The molecule has 0 spiro atoms. The van der Waals surface area contributed by atoms with Crippen LogP contribution >= 0.6 is 0 Å². The number of aromatic nitrogens is 1. The number of hydrogen-bond donors (Lipinski definition) is 1. The SMILES string of the molecule is Cc1nc(NC2CC2)ccc1[N+](=O)[O-]. The summed E-state index contributed by atoms with van der Waals surface area (Å²) in [6.07, 6.45) is 2.33. The van der Waals surface area contributed by atoms with E-state index in [1.54, 1.807) is 13.0 Å². The largest absolute Gasteiger partial charge is 0.367 e. The molecule has 5 nitrogen and oxygen atoms in total. The van der Waals surface area contributed by atoms with Crippen LogP contribution in [0.2, 0.25) is 0 Å². The van der Waals surface area contributed by atoms with Gasteiger partial charge >= 0.3 is 0 Å². The predicted molar refractivity (Wildman–Crippen MR) is 52.3 cm³/mol. The molecule has 74 valence electrons. The Morgan fingerprint density at radius 1 is 1.57 bits per heavy atom. The van der Waals surface area contributed by atoms with Crippen molar-refractivity contribution in [2.24, 2.45) is 0 Å². The standard InChI is InChI=1S/C9H11N3O2/c1-6-8(12(13)14)4-5-9(10-6)11-7-2-3-7/h4-5,7H,2-3H2,1H3,(H,10,11). The molecule has 0 saturated heterocycles. The van der Waals surface area contributed by atoms with Gasteiger partial charge in [-0.3, -0.25) is 10.1 Å². The van der Waals surface area contributed by atoms with Crippen molar-refractivity contribution in [2.75, 3.05) is 5.32 Å². The number of anilines is 1. The van der Waals surface area contributed by atoms with E-state index in [1.807, 2.05) is 0 Å². The summed E-state index contributed by atoms with van der Waals surface area (Å²) in [5, 5.41) is 13.7. The normalized spacial score (nSPS) is 15.2. The quantitative estimate of drug-likeness (QED) is 0.587. The fourth-order valence-corrected chi connectivity index (χ4v) is 1.26. The molecule has 0 radical (unpaired) electrons. The number of nitro groups is 1. The summed E-state index contributed by atoms with van der Waals surface area (Å²) in [6, 6.07) is 3.67. The summed E-state index contributed by atoms with van der Waals surface area (Å²) in [5.74, 6) is 0.732. The van der Waals surface area contributed by atoms with Crippen LogP contribution in [-0.4, -0.2) is 15.9 Å². The third-order valence-corrected chi connectivity index (χ3v) is 2.18. The molecule has 1 heterocycles. The zero-order valence-corrected chi connectivity index (χ0v) is 7.86. The van der Waals surface area contributed by atoms with Crippen LogP contribution in [0.3, 0.4) is 0 Å². The Balaban J connectivity index is 2.20. The van der Waals surface area contributed by atoms with Gasteiger partial charge in [-0.1, -0.05) is 0 Å². The highest BCUT2D eigenvalue weighted by molar-refractivity contribution is 5.45. The van der Waals surface area contributed by atoms with E-state index in [9.17, 15) is 10.1 Å². The number of hydrogen-bond acceptors (Lipinski definition) is 4. The molecule has 0 aliphatic heterocycles. The van der Waals surface area contributed by atoms with Gasteiger partial charge in [-0.2, -0.15) is 0 Å². The first kappa shape index (κ1) is 8.93. The molecule has 0 atom stereocenters. The zero-order chi connectivity index (χ0) is 10.1. The van der Waals surface area contributed by atoms with Gasteiger partial charge < -0.3 is 5.32 Å². The zero-order valence-electron chi connectivity index (χ0n) is 7.86. The molecule has 2 rings (SSSR count). The molecule has 5 heteroatoms. The number of rotatable bonds is 3. The molecule has 1 aromatic heterocycles. The van der Waals surface area contributed by atoms with Gasteiger partial charge in [-0.15, -0.1) is 0 Å². The van der Waals surface area contributed by atoms with E-state index in [4.69, 9.17) is 0 Å². The number of aryl methyl sites for hydroxylation is 1. The predicted octanol–water partition coefficient (Wildman–Crippen LogP) is 1.87. The molecule has 1 fully saturated rings. The summed E-state index contributed by atoms with van der Waals surface area (Å²) in [6.45, 7) is 1.65. The lowest BCUT2D eigenvalue weighted by atomic mass is 10.3. The smallest absolute Gasteiger partial charge is 0.290 e. The minimum atomic E-state index is -0.413. The fraction of sp³-hybridized carbons (Fsp3) is 0.444. The summed E-state index contributed by atoms with van der Waals surface area (Å²) in [4.78, 5) is 14.2. The van der Waals surface area contributed by atoms with Crippen LogP contribution in [-0.2, 0) is 0 Å². The van der Waals surface area contributed by atoms with E-state index in [1.165, 1.54) is 6.07 Å². The van der Waals surface area contributed by atoms with Crippen molar-refractivity contribution in [1.82, 2.24) is 4.98 Å². The van der Waals surface area contributed by atoms with Gasteiger partial charge in [0.1, 0.15) is 11.5 Å². The Morgan fingerprint density at radius 3 is 2.79 bits per heavy atom. The van der Waals surface area contributed by atoms with Crippen molar-refractivity contribution < 1.29 is 4.92 Å². The van der Waals surface area contributed by atoms with Gasteiger partial charge in [0.15, 0.2) is 0 Å². The van der Waals surface area contributed by atoms with Gasteiger partial charge in [0, 0.05) is 12.1 Å². The lowest BCUT2D eigenvalue weighted by Crippen LogP contribution is -2.04. The van der Waals surface area contributed by atoms with Gasteiger partial charge in [-0.25, -0.2) is 4.98 Å². The van der Waals surface area contributed by atoms with Crippen molar-refractivity contribution in [1.29, 1.82) is 0 Å². The first-order valence-electron chi connectivity index (χ1n) is 4.55. The van der Waals surface area contributed by atoms with Crippen molar-refractivity contribution >= 4 is 11.5 Å². The highest BCUT2D eigenvalue weighted by Crippen LogP contribution is 2.25. The Hall–Kier alpha value is -1.65. The number of nitrogens with zero attached hydrogens (tertiary/aromatic N) is 2. The fourth-order valence-electron chi connectivity index (χ4n) is 1.26. The van der Waals surface area contributed by atoms with Crippen LogP contribution in [0, 0.1) is 17.0 Å². The Bertz CT molecular complexity index is 374. The maximum absolute atomic E-state index is 10.5. The third-order valence-electron chi connectivity index (χ3n) is 2.18. The maximum Gasteiger partial charge on any atom is 0.290 e. The summed E-state index contributed by atoms with van der Waals surface area (Å²) in [5.41, 5.74) is 0.534. The molecule has 0 bridgehead atoms. The van der Waals surface area contributed by atoms with Crippen LogP contribution in [0.4, 0.5) is 11.5 Å². The van der Waals surface area contributed by atoms with E-state index in [0.29, 0.717) is 11.7 Å². The second kappa shape index (κ2) is 3.25. The summed E-state index contributed by atoms with van der Waals surface area (Å²) >= 11 is 0. The molecule has 0 amide bonds. The minimum absolute atomic E-state index is 0.0753. The first-order chi connectivity index (χ1) is 6.66. The van der Waals surface area contributed by atoms with Crippen molar-refractivity contribution in [2.45, 2.75) is 25.8 Å². The minimum Gasteiger partial charge on any atom is -0.367 e. The average molecular weight is 193 g/mol. The highest BCUT2D eigenvalue weighted by Gasteiger charge is 2.22. The molecule has 1 aliphatic rings. The van der Waals surface area contributed by atoms with Crippen LogP contribution in [0.15, 0.2) is 12.1 Å². The third kappa shape index (κ3) is 1.81. The van der Waals surface area contributed by atoms with Gasteiger partial charge in [0.05, 0.1) is 4.92 Å². The summed E-state index contributed by atoms with van der Waals surface area (Å²) in [7, 11) is 0. The van der Waals surface area contributed by atoms with E-state index in [2.05, 4.69) is 10.3 Å². The van der Waals surface area contributed by atoms with E-state index in [-0.39, 0.29) is 5.69 Å². The number of nitrogens with one attached hydrogen (secondary N) is 1. The summed E-state index contributed by atoms with van der Waals surface area (Å²) < 4.78 is 0. The van der Waals surface area contributed by atoms with Crippen LogP contribution in [0.1, 0.15) is 18.5 Å². The second-order valence-corrected chi connectivity index (χ2v) is 3.48. The average Bonchev–Trinajstić information content (AvgIpc) is 2.87. The molecule has 1 aliphatic carbocycles. The van der Waals surface area contributed by atoms with Gasteiger partial charge in [0.2, 0.25) is 0 Å². The molecule has 1 N–H and O–H groups in total. The first-order valence-corrected chi connectivity index (χ1v) is 4.55. The van der Waals surface area contributed by atoms with Crippen LogP contribution in [0.25, 0.3) is 0 Å². The van der Waals surface area contributed by atoms with Gasteiger partial charge in [-0.05, 0) is 25.8 Å². The Labute approximate surface area is 81.3 Å².